The van der Waals surface area contributed by atoms with E-state index in [2.05, 4.69) is 0 Å². The van der Waals surface area contributed by atoms with Crippen molar-refractivity contribution in [3.63, 3.8) is 0 Å². The van der Waals surface area contributed by atoms with Crippen LogP contribution in [0.4, 0.5) is 0 Å². The largest absolute Gasteiger partial charge is 0.508 e. The van der Waals surface area contributed by atoms with Gasteiger partial charge in [0.1, 0.15) is 11.5 Å². The van der Waals surface area contributed by atoms with E-state index in [0.717, 1.165) is 16.7 Å². The Kier molecular flexibility index (Phi) is 3.17. The molecule has 0 fully saturated rings. The van der Waals surface area contributed by atoms with Crippen molar-refractivity contribution in [2.45, 2.75) is 19.4 Å². The molecular formula is C18H16O4. The van der Waals surface area contributed by atoms with Crippen LogP contribution in [-0.2, 0) is 15.1 Å². The summed E-state index contributed by atoms with van der Waals surface area (Å²) in [5.41, 5.74) is 1.99. The van der Waals surface area contributed by atoms with Gasteiger partial charge in [0.05, 0.1) is 0 Å². The zero-order valence-electron chi connectivity index (χ0n) is 12.3. The van der Waals surface area contributed by atoms with E-state index in [4.69, 9.17) is 4.74 Å². The van der Waals surface area contributed by atoms with Crippen molar-refractivity contribution in [2.75, 3.05) is 0 Å². The fraction of sp³-hybridized carbons (Fsp3) is 0.167. The monoisotopic (exact) mass is 296 g/mol. The van der Waals surface area contributed by atoms with Crippen LogP contribution in [0.2, 0.25) is 0 Å². The third-order valence-corrected chi connectivity index (χ3v) is 3.89. The number of rotatable bonds is 2. The number of carbonyl (C=O) groups is 1. The summed E-state index contributed by atoms with van der Waals surface area (Å²) in [4.78, 5) is 11.7. The third-order valence-electron chi connectivity index (χ3n) is 3.89. The lowest BCUT2D eigenvalue weighted by Crippen LogP contribution is -2.28. The topological polar surface area (TPSA) is 66.8 Å². The maximum absolute atomic E-state index is 11.7. The molecule has 0 saturated carbocycles. The Morgan fingerprint density at radius 2 is 1.77 bits per heavy atom. The molecule has 2 aromatic carbocycles. The lowest BCUT2D eigenvalue weighted by Gasteiger charge is -2.30. The van der Waals surface area contributed by atoms with Gasteiger partial charge in [-0.1, -0.05) is 23.8 Å². The summed E-state index contributed by atoms with van der Waals surface area (Å²) in [5.74, 6) is -0.640. The van der Waals surface area contributed by atoms with Crippen LogP contribution in [-0.4, -0.2) is 16.2 Å². The molecule has 112 valence electrons. The average Bonchev–Trinajstić information content (AvgIpc) is 2.84. The molecule has 0 aromatic heterocycles. The second-order valence-corrected chi connectivity index (χ2v) is 5.51. The first kappa shape index (κ1) is 14.2. The molecule has 22 heavy (non-hydrogen) atoms. The normalized spacial score (nSPS) is 20.2. The molecular weight excluding hydrogens is 280 g/mol. The fourth-order valence-corrected chi connectivity index (χ4v) is 2.82. The molecule has 0 bridgehead atoms. The van der Waals surface area contributed by atoms with Crippen LogP contribution in [0.25, 0.3) is 0 Å². The standard InChI is InChI=1S/C18H16O4/c1-11-3-4-12(2)15(9-11)18(8-7-17(21)22-18)14-6-5-13(19)10-16(14)20/h3-10,19-20H,1-2H3. The van der Waals surface area contributed by atoms with Gasteiger partial charge in [0.15, 0.2) is 5.60 Å². The van der Waals surface area contributed by atoms with E-state index < -0.39 is 11.6 Å². The second-order valence-electron chi connectivity index (χ2n) is 5.51. The highest BCUT2D eigenvalue weighted by atomic mass is 16.6. The molecule has 0 radical (unpaired) electrons. The molecule has 3 rings (SSSR count). The molecule has 1 atom stereocenters. The predicted molar refractivity (Wildman–Crippen MR) is 81.7 cm³/mol. The van der Waals surface area contributed by atoms with Gasteiger partial charge < -0.3 is 14.9 Å². The van der Waals surface area contributed by atoms with E-state index in [1.54, 1.807) is 12.1 Å². The van der Waals surface area contributed by atoms with Gasteiger partial charge in [0.25, 0.3) is 0 Å². The molecule has 4 heteroatoms. The number of aromatic hydroxyl groups is 2. The van der Waals surface area contributed by atoms with E-state index in [-0.39, 0.29) is 11.5 Å². The van der Waals surface area contributed by atoms with Crippen LogP contribution >= 0.6 is 0 Å². The predicted octanol–water partition coefficient (Wildman–Crippen LogP) is 3.07. The van der Waals surface area contributed by atoms with Crippen molar-refractivity contribution in [2.24, 2.45) is 0 Å². The fourth-order valence-electron chi connectivity index (χ4n) is 2.82. The minimum atomic E-state index is -1.18. The molecule has 0 amide bonds. The molecule has 1 unspecified atom stereocenters. The van der Waals surface area contributed by atoms with Crippen LogP contribution in [0.5, 0.6) is 11.5 Å². The van der Waals surface area contributed by atoms with Crippen molar-refractivity contribution < 1.29 is 19.7 Å². The molecule has 1 aliphatic heterocycles. The summed E-state index contributed by atoms with van der Waals surface area (Å²) in [5, 5.41) is 19.7. The smallest absolute Gasteiger partial charge is 0.332 e. The summed E-state index contributed by atoms with van der Waals surface area (Å²) < 4.78 is 5.59. The summed E-state index contributed by atoms with van der Waals surface area (Å²) in [6, 6.07) is 10.1. The van der Waals surface area contributed by atoms with Gasteiger partial charge in [-0.3, -0.25) is 0 Å². The van der Waals surface area contributed by atoms with Crippen molar-refractivity contribution in [3.8, 4) is 11.5 Å². The van der Waals surface area contributed by atoms with Gasteiger partial charge in [0.2, 0.25) is 0 Å². The number of phenols is 2. The zero-order chi connectivity index (χ0) is 15.9. The van der Waals surface area contributed by atoms with Crippen LogP contribution in [0.3, 0.4) is 0 Å². The number of hydrogen-bond acceptors (Lipinski definition) is 4. The van der Waals surface area contributed by atoms with E-state index >= 15 is 0 Å². The summed E-state index contributed by atoms with van der Waals surface area (Å²) in [6.45, 7) is 3.88. The zero-order valence-corrected chi connectivity index (χ0v) is 12.3. The average molecular weight is 296 g/mol. The first-order valence-electron chi connectivity index (χ1n) is 6.95. The number of benzene rings is 2. The minimum absolute atomic E-state index is 0.0503. The number of cyclic esters (lactones) is 1. The maximum Gasteiger partial charge on any atom is 0.332 e. The molecule has 0 aliphatic carbocycles. The summed E-state index contributed by atoms with van der Waals surface area (Å²) in [6.07, 6.45) is 3.00. The molecule has 0 saturated heterocycles. The quantitative estimate of drug-likeness (QED) is 0.836. The highest BCUT2D eigenvalue weighted by molar-refractivity contribution is 5.86. The number of esters is 1. The molecule has 4 nitrogen and oxygen atoms in total. The molecule has 1 heterocycles. The first-order chi connectivity index (χ1) is 10.4. The minimum Gasteiger partial charge on any atom is -0.508 e. The van der Waals surface area contributed by atoms with Gasteiger partial charge >= 0.3 is 5.97 Å². The Labute approximate surface area is 128 Å². The van der Waals surface area contributed by atoms with Crippen molar-refractivity contribution in [3.05, 3.63) is 70.8 Å². The summed E-state index contributed by atoms with van der Waals surface area (Å²) >= 11 is 0. The Balaban J connectivity index is 2.29. The number of carbonyl (C=O) groups excluding carboxylic acids is 1. The maximum atomic E-state index is 11.7. The molecule has 2 aromatic rings. The van der Waals surface area contributed by atoms with Gasteiger partial charge in [0, 0.05) is 23.3 Å². The van der Waals surface area contributed by atoms with Crippen molar-refractivity contribution >= 4 is 5.97 Å². The highest BCUT2D eigenvalue weighted by Crippen LogP contribution is 2.44. The Morgan fingerprint density at radius 3 is 2.41 bits per heavy atom. The lowest BCUT2D eigenvalue weighted by atomic mass is 9.83. The lowest BCUT2D eigenvalue weighted by molar-refractivity contribution is -0.143. The summed E-state index contributed by atoms with van der Waals surface area (Å²) in [7, 11) is 0. The number of aryl methyl sites for hydroxylation is 2. The number of ether oxygens (including phenoxy) is 1. The highest BCUT2D eigenvalue weighted by Gasteiger charge is 2.42. The van der Waals surface area contributed by atoms with Crippen LogP contribution in [0.15, 0.2) is 48.6 Å². The first-order valence-corrected chi connectivity index (χ1v) is 6.95. The van der Waals surface area contributed by atoms with E-state index in [0.29, 0.717) is 5.56 Å². The van der Waals surface area contributed by atoms with E-state index in [9.17, 15) is 15.0 Å². The van der Waals surface area contributed by atoms with Crippen LogP contribution in [0, 0.1) is 13.8 Å². The van der Waals surface area contributed by atoms with Gasteiger partial charge in [-0.2, -0.15) is 0 Å². The van der Waals surface area contributed by atoms with E-state index in [1.807, 2.05) is 32.0 Å². The molecule has 0 spiro atoms. The van der Waals surface area contributed by atoms with Gasteiger partial charge in [-0.15, -0.1) is 0 Å². The Bertz CT molecular complexity index is 792. The Morgan fingerprint density at radius 1 is 1.00 bits per heavy atom. The van der Waals surface area contributed by atoms with Crippen molar-refractivity contribution in [1.29, 1.82) is 0 Å². The van der Waals surface area contributed by atoms with Gasteiger partial charge in [-0.25, -0.2) is 4.79 Å². The number of phenolic OH excluding ortho intramolecular Hbond substituents is 2. The van der Waals surface area contributed by atoms with Crippen LogP contribution in [0.1, 0.15) is 22.3 Å². The van der Waals surface area contributed by atoms with Crippen molar-refractivity contribution in [1.82, 2.24) is 0 Å². The third kappa shape index (κ3) is 2.13. The van der Waals surface area contributed by atoms with Crippen LogP contribution < -0.4 is 0 Å². The SMILES string of the molecule is Cc1ccc(C)c(C2(c3ccc(O)cc3O)C=CC(=O)O2)c1. The molecule has 2 N–H and O–H groups in total. The molecule has 1 aliphatic rings. The second kappa shape index (κ2) is 4.91. The van der Waals surface area contributed by atoms with Gasteiger partial charge in [-0.05, 0) is 37.6 Å². The Hall–Kier alpha value is -2.75. The number of hydrogen-bond donors (Lipinski definition) is 2. The van der Waals surface area contributed by atoms with E-state index in [1.165, 1.54) is 18.2 Å².